The summed E-state index contributed by atoms with van der Waals surface area (Å²) in [5.74, 6) is 0. The summed E-state index contributed by atoms with van der Waals surface area (Å²) in [7, 11) is -7.73. The van der Waals surface area contributed by atoms with Crippen LogP contribution in [-0.2, 0) is 20.0 Å². The number of hydrogen-bond acceptors (Lipinski definition) is 4. The van der Waals surface area contributed by atoms with E-state index in [1.165, 1.54) is 18.2 Å². The first-order valence-corrected chi connectivity index (χ1v) is 8.41. The molecule has 0 amide bonds. The van der Waals surface area contributed by atoms with E-state index in [0.29, 0.717) is 4.48 Å². The van der Waals surface area contributed by atoms with E-state index >= 15 is 0 Å². The van der Waals surface area contributed by atoms with Gasteiger partial charge >= 0.3 is 0 Å². The van der Waals surface area contributed by atoms with Crippen molar-refractivity contribution < 1.29 is 16.8 Å². The van der Waals surface area contributed by atoms with Crippen molar-refractivity contribution in [2.45, 2.75) is 9.79 Å². The molecule has 9 heteroatoms. The van der Waals surface area contributed by atoms with Crippen LogP contribution in [0.25, 0.3) is 0 Å². The number of rotatable bonds is 5. The van der Waals surface area contributed by atoms with Crippen molar-refractivity contribution in [1.29, 1.82) is 0 Å². The fourth-order valence-electron chi connectivity index (χ4n) is 1.08. The number of primary sulfonamides is 1. The summed E-state index contributed by atoms with van der Waals surface area (Å²) in [5.41, 5.74) is 0. The zero-order valence-corrected chi connectivity index (χ0v) is 12.3. The van der Waals surface area contributed by atoms with E-state index in [4.69, 9.17) is 5.14 Å². The maximum atomic E-state index is 11.8. The summed E-state index contributed by atoms with van der Waals surface area (Å²) in [6.07, 6.45) is 0. The zero-order valence-electron chi connectivity index (χ0n) is 9.13. The first kappa shape index (κ1) is 15.3. The van der Waals surface area contributed by atoms with Gasteiger partial charge in [0.15, 0.2) is 0 Å². The number of nitrogens with one attached hydrogen (secondary N) is 1. The molecule has 0 unspecified atom stereocenters. The minimum absolute atomic E-state index is 0.00192. The van der Waals surface area contributed by atoms with Crippen molar-refractivity contribution in [2.24, 2.45) is 5.14 Å². The standard InChI is InChI=1S/C9H11BrN2O4S2/c1-7(10)6-12-18(15,16)9-4-2-3-8(5-9)17(11,13)14/h2-5,12H,1,6H2,(H2,11,13,14). The van der Waals surface area contributed by atoms with Gasteiger partial charge in [-0.25, -0.2) is 26.7 Å². The highest BCUT2D eigenvalue weighted by Crippen LogP contribution is 2.14. The van der Waals surface area contributed by atoms with Gasteiger partial charge in [0, 0.05) is 11.0 Å². The first-order valence-electron chi connectivity index (χ1n) is 4.59. The van der Waals surface area contributed by atoms with Crippen LogP contribution in [0, 0.1) is 0 Å². The SMILES string of the molecule is C=C(Br)CNS(=O)(=O)c1cccc(S(N)(=O)=O)c1. The molecule has 0 fully saturated rings. The van der Waals surface area contributed by atoms with Gasteiger partial charge < -0.3 is 0 Å². The van der Waals surface area contributed by atoms with Crippen molar-refractivity contribution in [1.82, 2.24) is 4.72 Å². The van der Waals surface area contributed by atoms with Gasteiger partial charge in [0.2, 0.25) is 20.0 Å². The molecule has 100 valence electrons. The largest absolute Gasteiger partial charge is 0.240 e. The molecule has 1 rings (SSSR count). The van der Waals surface area contributed by atoms with Crippen molar-refractivity contribution in [3.8, 4) is 0 Å². The molecule has 0 aromatic heterocycles. The van der Waals surface area contributed by atoms with E-state index in [2.05, 4.69) is 27.2 Å². The molecule has 0 heterocycles. The lowest BCUT2D eigenvalue weighted by atomic mass is 10.4. The van der Waals surface area contributed by atoms with Crippen molar-refractivity contribution in [2.75, 3.05) is 6.54 Å². The van der Waals surface area contributed by atoms with Gasteiger partial charge in [0.05, 0.1) is 9.79 Å². The van der Waals surface area contributed by atoms with Crippen LogP contribution in [0.15, 0.2) is 45.1 Å². The summed E-state index contributed by atoms with van der Waals surface area (Å²) < 4.78 is 48.5. The second-order valence-corrected chi connectivity index (χ2v) is 7.81. The Hall–Kier alpha value is -0.740. The number of benzene rings is 1. The average molecular weight is 355 g/mol. The van der Waals surface area contributed by atoms with Crippen LogP contribution < -0.4 is 9.86 Å². The number of hydrogen-bond donors (Lipinski definition) is 2. The number of halogens is 1. The van der Waals surface area contributed by atoms with Crippen LogP contribution in [0.2, 0.25) is 0 Å². The molecule has 0 spiro atoms. The third-order valence-electron chi connectivity index (χ3n) is 1.90. The number of sulfonamides is 2. The maximum absolute atomic E-state index is 11.8. The predicted octanol–water partition coefficient (Wildman–Crippen LogP) is 0.521. The van der Waals surface area contributed by atoms with Gasteiger partial charge in [0.1, 0.15) is 0 Å². The van der Waals surface area contributed by atoms with Crippen molar-refractivity contribution >= 4 is 36.0 Å². The average Bonchev–Trinajstić information content (AvgIpc) is 2.26. The molecule has 0 aliphatic rings. The molecular formula is C9H11BrN2O4S2. The maximum Gasteiger partial charge on any atom is 0.240 e. The van der Waals surface area contributed by atoms with Gasteiger partial charge in [0.25, 0.3) is 0 Å². The Morgan fingerprint density at radius 3 is 2.33 bits per heavy atom. The van der Waals surface area contributed by atoms with E-state index in [-0.39, 0.29) is 16.3 Å². The normalized spacial score (nSPS) is 12.3. The molecule has 0 radical (unpaired) electrons. The quantitative estimate of drug-likeness (QED) is 0.803. The molecule has 3 N–H and O–H groups in total. The van der Waals surface area contributed by atoms with Crippen LogP contribution in [0.5, 0.6) is 0 Å². The third-order valence-corrected chi connectivity index (χ3v) is 4.49. The zero-order chi connectivity index (χ0) is 14.0. The van der Waals surface area contributed by atoms with Gasteiger partial charge in [-0.1, -0.05) is 28.6 Å². The van der Waals surface area contributed by atoms with Crippen LogP contribution >= 0.6 is 15.9 Å². The molecule has 1 aromatic rings. The van der Waals surface area contributed by atoms with E-state index in [1.807, 2.05) is 0 Å². The molecule has 18 heavy (non-hydrogen) atoms. The Labute approximate surface area is 114 Å². The highest BCUT2D eigenvalue weighted by molar-refractivity contribution is 9.11. The van der Waals surface area contributed by atoms with Gasteiger partial charge in [-0.2, -0.15) is 0 Å². The van der Waals surface area contributed by atoms with E-state index in [9.17, 15) is 16.8 Å². The lowest BCUT2D eigenvalue weighted by Gasteiger charge is -2.07. The molecule has 0 aliphatic carbocycles. The smallest absolute Gasteiger partial charge is 0.225 e. The van der Waals surface area contributed by atoms with Gasteiger partial charge in [-0.3, -0.25) is 0 Å². The van der Waals surface area contributed by atoms with E-state index in [0.717, 1.165) is 6.07 Å². The lowest BCUT2D eigenvalue weighted by molar-refractivity contribution is 0.585. The van der Waals surface area contributed by atoms with E-state index in [1.54, 1.807) is 0 Å². The van der Waals surface area contributed by atoms with Crippen molar-refractivity contribution in [3.63, 3.8) is 0 Å². The Morgan fingerprint density at radius 2 is 1.83 bits per heavy atom. The van der Waals surface area contributed by atoms with Gasteiger partial charge in [-0.15, -0.1) is 0 Å². The summed E-state index contributed by atoms with van der Waals surface area (Å²) in [6, 6.07) is 4.79. The Balaban J connectivity index is 3.15. The fraction of sp³-hybridized carbons (Fsp3) is 0.111. The van der Waals surface area contributed by atoms with Crippen molar-refractivity contribution in [3.05, 3.63) is 35.3 Å². The molecule has 0 aliphatic heterocycles. The predicted molar refractivity (Wildman–Crippen MR) is 71.1 cm³/mol. The molecule has 0 saturated carbocycles. The number of nitrogens with two attached hydrogens (primary N) is 1. The summed E-state index contributed by atoms with van der Waals surface area (Å²) >= 11 is 3.01. The summed E-state index contributed by atoms with van der Waals surface area (Å²) in [4.78, 5) is -0.439. The van der Waals surface area contributed by atoms with Crippen LogP contribution in [-0.4, -0.2) is 23.4 Å². The van der Waals surface area contributed by atoms with Crippen LogP contribution in [0.1, 0.15) is 0 Å². The van der Waals surface area contributed by atoms with E-state index < -0.39 is 20.0 Å². The Bertz CT molecular complexity index is 668. The molecule has 1 aromatic carbocycles. The molecule has 0 bridgehead atoms. The Morgan fingerprint density at radius 1 is 1.28 bits per heavy atom. The highest BCUT2D eigenvalue weighted by Gasteiger charge is 2.16. The lowest BCUT2D eigenvalue weighted by Crippen LogP contribution is -2.25. The second-order valence-electron chi connectivity index (χ2n) is 3.36. The summed E-state index contributed by atoms with van der Waals surface area (Å²) in [5, 5.41) is 4.93. The minimum atomic E-state index is -3.94. The Kier molecular flexibility index (Phi) is 4.67. The highest BCUT2D eigenvalue weighted by atomic mass is 79.9. The molecule has 6 nitrogen and oxygen atoms in total. The molecular weight excluding hydrogens is 344 g/mol. The minimum Gasteiger partial charge on any atom is -0.225 e. The molecule has 0 saturated heterocycles. The molecule has 0 atom stereocenters. The van der Waals surface area contributed by atoms with Crippen LogP contribution in [0.4, 0.5) is 0 Å². The van der Waals surface area contributed by atoms with Gasteiger partial charge in [-0.05, 0) is 18.2 Å². The monoisotopic (exact) mass is 354 g/mol. The first-order chi connectivity index (χ1) is 8.13. The fourth-order valence-corrected chi connectivity index (χ4v) is 3.11. The summed E-state index contributed by atoms with van der Waals surface area (Å²) in [6.45, 7) is 3.48. The van der Waals surface area contributed by atoms with Crippen LogP contribution in [0.3, 0.4) is 0 Å². The topological polar surface area (TPSA) is 106 Å². The second kappa shape index (κ2) is 5.49. The third kappa shape index (κ3) is 4.18.